The molecule has 0 aromatic heterocycles. The fourth-order valence-corrected chi connectivity index (χ4v) is 1.52. The Morgan fingerprint density at radius 3 is 2.41 bits per heavy atom. The Labute approximate surface area is 103 Å². The van der Waals surface area contributed by atoms with Crippen LogP contribution in [0.5, 0.6) is 11.5 Å². The third-order valence-corrected chi connectivity index (χ3v) is 2.35. The third kappa shape index (κ3) is 2.63. The summed E-state index contributed by atoms with van der Waals surface area (Å²) < 4.78 is 18.9. The molecule has 0 saturated carbocycles. The van der Waals surface area contributed by atoms with E-state index < -0.39 is 11.1 Å². The normalized spacial score (nSPS) is 10.0. The molecule has 2 aromatic rings. The van der Waals surface area contributed by atoms with Gasteiger partial charge in [0.2, 0.25) is 0 Å². The molecule has 0 unspecified atom stereocenters. The van der Waals surface area contributed by atoms with Gasteiger partial charge >= 0.3 is 0 Å². The highest BCUT2D eigenvalue weighted by atomic mass is 35.5. The van der Waals surface area contributed by atoms with Crippen molar-refractivity contribution in [1.82, 2.24) is 0 Å². The van der Waals surface area contributed by atoms with Crippen LogP contribution >= 0.6 is 11.6 Å². The smallest absolute Gasteiger partial charge is 0.256 e. The average molecular weight is 251 g/mol. The minimum atomic E-state index is -0.754. The first-order valence-corrected chi connectivity index (χ1v) is 5.27. The first-order valence-electron chi connectivity index (χ1n) is 4.90. The number of carbonyl (C=O) groups excluding carboxylic acids is 1. The Bertz CT molecular complexity index is 540. The maximum absolute atomic E-state index is 13.6. The van der Waals surface area contributed by atoms with Crippen LogP contribution in [0.2, 0.25) is 0 Å². The van der Waals surface area contributed by atoms with Crippen LogP contribution in [0.15, 0.2) is 48.5 Å². The van der Waals surface area contributed by atoms with E-state index in [1.807, 2.05) is 6.07 Å². The third-order valence-electron chi connectivity index (χ3n) is 2.14. The van der Waals surface area contributed by atoms with Crippen LogP contribution in [0, 0.1) is 5.82 Å². The molecule has 0 radical (unpaired) electrons. The van der Waals surface area contributed by atoms with Crippen LogP contribution < -0.4 is 4.74 Å². The van der Waals surface area contributed by atoms with E-state index in [0.717, 1.165) is 0 Å². The van der Waals surface area contributed by atoms with Gasteiger partial charge in [0, 0.05) is 0 Å². The molecule has 17 heavy (non-hydrogen) atoms. The van der Waals surface area contributed by atoms with Gasteiger partial charge in [-0.1, -0.05) is 24.3 Å². The molecule has 2 nitrogen and oxygen atoms in total. The predicted molar refractivity (Wildman–Crippen MR) is 63.1 cm³/mol. The Hall–Kier alpha value is -1.87. The molecule has 0 saturated heterocycles. The first-order chi connectivity index (χ1) is 8.18. The lowest BCUT2D eigenvalue weighted by Gasteiger charge is -2.09. The highest BCUT2D eigenvalue weighted by Gasteiger charge is 2.15. The van der Waals surface area contributed by atoms with Gasteiger partial charge in [0.15, 0.2) is 11.6 Å². The van der Waals surface area contributed by atoms with E-state index in [4.69, 9.17) is 16.3 Å². The number of carbonyl (C=O) groups is 1. The average Bonchev–Trinajstić information content (AvgIpc) is 2.33. The number of benzene rings is 2. The molecular weight excluding hydrogens is 243 g/mol. The summed E-state index contributed by atoms with van der Waals surface area (Å²) in [5, 5.41) is -0.754. The second-order valence-corrected chi connectivity index (χ2v) is 3.65. The van der Waals surface area contributed by atoms with Crippen molar-refractivity contribution < 1.29 is 13.9 Å². The largest absolute Gasteiger partial charge is 0.453 e. The molecule has 0 N–H and O–H groups in total. The second-order valence-electron chi connectivity index (χ2n) is 3.31. The number of hydrogen-bond donors (Lipinski definition) is 0. The summed E-state index contributed by atoms with van der Waals surface area (Å²) in [6.07, 6.45) is 0. The highest BCUT2D eigenvalue weighted by molar-refractivity contribution is 6.68. The number of hydrogen-bond acceptors (Lipinski definition) is 2. The Kier molecular flexibility index (Phi) is 3.40. The molecule has 2 rings (SSSR count). The minimum Gasteiger partial charge on any atom is -0.453 e. The topological polar surface area (TPSA) is 26.3 Å². The fraction of sp³-hybridized carbons (Fsp3) is 0. The zero-order valence-electron chi connectivity index (χ0n) is 8.69. The summed E-state index contributed by atoms with van der Waals surface area (Å²) >= 11 is 5.36. The van der Waals surface area contributed by atoms with E-state index in [9.17, 15) is 9.18 Å². The molecule has 0 amide bonds. The predicted octanol–water partition coefficient (Wildman–Crippen LogP) is 4.00. The fourth-order valence-electron chi connectivity index (χ4n) is 1.37. The van der Waals surface area contributed by atoms with Crippen molar-refractivity contribution in [2.75, 3.05) is 0 Å². The van der Waals surface area contributed by atoms with Crippen LogP contribution in [-0.2, 0) is 0 Å². The van der Waals surface area contributed by atoms with Crippen LogP contribution in [0.25, 0.3) is 0 Å². The lowest BCUT2D eigenvalue weighted by atomic mass is 10.2. The van der Waals surface area contributed by atoms with Crippen LogP contribution in [0.3, 0.4) is 0 Å². The number of halogens is 2. The molecular formula is C13H8ClFO2. The zero-order chi connectivity index (χ0) is 12.3. The minimum absolute atomic E-state index is 0.00974. The molecule has 0 atom stereocenters. The van der Waals surface area contributed by atoms with Crippen molar-refractivity contribution >= 4 is 16.8 Å². The summed E-state index contributed by atoms with van der Waals surface area (Å²) in [5.74, 6) is -0.337. The molecule has 86 valence electrons. The van der Waals surface area contributed by atoms with E-state index in [0.29, 0.717) is 5.75 Å². The summed E-state index contributed by atoms with van der Waals surface area (Å²) in [4.78, 5) is 11.1. The molecule has 0 fully saturated rings. The maximum atomic E-state index is 13.6. The van der Waals surface area contributed by atoms with Gasteiger partial charge in [-0.25, -0.2) is 4.39 Å². The monoisotopic (exact) mass is 250 g/mol. The molecule has 0 aliphatic carbocycles. The quantitative estimate of drug-likeness (QED) is 0.770. The number of rotatable bonds is 3. The van der Waals surface area contributed by atoms with Crippen molar-refractivity contribution in [2.45, 2.75) is 0 Å². The van der Waals surface area contributed by atoms with Gasteiger partial charge in [0.1, 0.15) is 5.75 Å². The van der Waals surface area contributed by atoms with E-state index >= 15 is 0 Å². The van der Waals surface area contributed by atoms with E-state index in [1.54, 1.807) is 24.3 Å². The van der Waals surface area contributed by atoms with Gasteiger partial charge in [-0.15, -0.1) is 0 Å². The summed E-state index contributed by atoms with van der Waals surface area (Å²) in [5.41, 5.74) is 0.00974. The molecule has 2 aromatic carbocycles. The highest BCUT2D eigenvalue weighted by Crippen LogP contribution is 2.29. The van der Waals surface area contributed by atoms with Gasteiger partial charge in [-0.05, 0) is 35.9 Å². The van der Waals surface area contributed by atoms with Crippen molar-refractivity contribution in [1.29, 1.82) is 0 Å². The second kappa shape index (κ2) is 4.97. The number of ether oxygens (including phenoxy) is 1. The van der Waals surface area contributed by atoms with Gasteiger partial charge in [0.05, 0.1) is 5.56 Å². The van der Waals surface area contributed by atoms with Gasteiger partial charge in [-0.3, -0.25) is 4.79 Å². The van der Waals surface area contributed by atoms with Gasteiger partial charge < -0.3 is 4.74 Å². The van der Waals surface area contributed by atoms with Gasteiger partial charge in [-0.2, -0.15) is 0 Å². The Balaban J connectivity index is 2.41. The summed E-state index contributed by atoms with van der Waals surface area (Å²) in [6, 6.07) is 12.7. The standard InChI is InChI=1S/C13H8ClFO2/c14-13(16)10-7-4-8-11(15)12(10)17-9-5-2-1-3-6-9/h1-8H. The van der Waals surface area contributed by atoms with Crippen molar-refractivity contribution in [2.24, 2.45) is 0 Å². The molecule has 0 aliphatic rings. The van der Waals surface area contributed by atoms with Crippen molar-refractivity contribution in [3.8, 4) is 11.5 Å². The van der Waals surface area contributed by atoms with E-state index in [2.05, 4.69) is 0 Å². The zero-order valence-corrected chi connectivity index (χ0v) is 9.45. The van der Waals surface area contributed by atoms with Crippen molar-refractivity contribution in [3.63, 3.8) is 0 Å². The molecule has 0 bridgehead atoms. The lowest BCUT2D eigenvalue weighted by Crippen LogP contribution is -1.97. The van der Waals surface area contributed by atoms with Crippen LogP contribution in [-0.4, -0.2) is 5.24 Å². The van der Waals surface area contributed by atoms with Crippen molar-refractivity contribution in [3.05, 3.63) is 59.9 Å². The maximum Gasteiger partial charge on any atom is 0.256 e. The molecule has 0 aliphatic heterocycles. The molecule has 0 heterocycles. The van der Waals surface area contributed by atoms with Gasteiger partial charge in [0.25, 0.3) is 5.24 Å². The summed E-state index contributed by atoms with van der Waals surface area (Å²) in [7, 11) is 0. The SMILES string of the molecule is O=C(Cl)c1cccc(F)c1Oc1ccccc1. The van der Waals surface area contributed by atoms with E-state index in [-0.39, 0.29) is 11.3 Å². The molecule has 0 spiro atoms. The summed E-state index contributed by atoms with van der Waals surface area (Å²) in [6.45, 7) is 0. The number of para-hydroxylation sites is 2. The first kappa shape index (κ1) is 11.6. The Morgan fingerprint density at radius 1 is 1.06 bits per heavy atom. The van der Waals surface area contributed by atoms with E-state index in [1.165, 1.54) is 18.2 Å². The van der Waals surface area contributed by atoms with Crippen LogP contribution in [0.1, 0.15) is 10.4 Å². The molecule has 4 heteroatoms. The lowest BCUT2D eigenvalue weighted by molar-refractivity contribution is 0.107. The van der Waals surface area contributed by atoms with Crippen LogP contribution in [0.4, 0.5) is 4.39 Å². The Morgan fingerprint density at radius 2 is 1.76 bits per heavy atom.